The lowest BCUT2D eigenvalue weighted by Crippen LogP contribution is -2.44. The minimum absolute atomic E-state index is 0.0813. The molecule has 0 aromatic carbocycles. The van der Waals surface area contributed by atoms with Crippen molar-refractivity contribution in [1.82, 2.24) is 15.2 Å². The number of nitrogen functional groups attached to an aromatic ring is 1. The molecule has 0 bridgehead atoms. The first-order valence-corrected chi connectivity index (χ1v) is 6.81. The summed E-state index contributed by atoms with van der Waals surface area (Å²) in [6.45, 7) is 6.82. The van der Waals surface area contributed by atoms with Crippen LogP contribution in [0.1, 0.15) is 29.2 Å². The molecule has 1 unspecified atom stereocenters. The quantitative estimate of drug-likeness (QED) is 0.847. The first-order valence-electron chi connectivity index (χ1n) is 5.99. The number of nitrogens with zero attached hydrogens (tertiary/aromatic N) is 2. The van der Waals surface area contributed by atoms with E-state index in [4.69, 9.17) is 5.73 Å². The van der Waals surface area contributed by atoms with Crippen LogP contribution in [0.4, 0.5) is 5.13 Å². The van der Waals surface area contributed by atoms with Gasteiger partial charge in [-0.25, -0.2) is 4.98 Å². The van der Waals surface area contributed by atoms with Gasteiger partial charge in [0.1, 0.15) is 4.88 Å². The molecule has 3 N–H and O–H groups in total. The van der Waals surface area contributed by atoms with E-state index in [1.54, 1.807) is 6.92 Å². The number of aryl methyl sites for hydroxylation is 1. The van der Waals surface area contributed by atoms with Crippen molar-refractivity contribution < 1.29 is 4.79 Å². The lowest BCUT2D eigenvalue weighted by Gasteiger charge is -2.25. The second-order valence-electron chi connectivity index (χ2n) is 5.05. The number of nitrogens with two attached hydrogens (primary N) is 1. The fourth-order valence-corrected chi connectivity index (χ4v) is 2.42. The number of amides is 1. The monoisotopic (exact) mass is 270 g/mol. The van der Waals surface area contributed by atoms with Crippen molar-refractivity contribution >= 4 is 22.4 Å². The summed E-state index contributed by atoms with van der Waals surface area (Å²) in [5, 5.41) is 3.49. The summed E-state index contributed by atoms with van der Waals surface area (Å²) in [4.78, 5) is 18.9. The smallest absolute Gasteiger partial charge is 0.263 e. The second-order valence-corrected chi connectivity index (χ2v) is 6.08. The average molecular weight is 270 g/mol. The molecule has 1 amide bonds. The van der Waals surface area contributed by atoms with Crippen molar-refractivity contribution in [2.45, 2.75) is 26.8 Å². The SMILES string of the molecule is Cc1nc(N)sc1C(=O)NC(CN(C)C)C(C)C. The highest BCUT2D eigenvalue weighted by atomic mass is 32.1. The molecule has 1 aromatic heterocycles. The molecule has 1 rings (SSSR count). The van der Waals surface area contributed by atoms with Gasteiger partial charge in [-0.3, -0.25) is 4.79 Å². The van der Waals surface area contributed by atoms with Gasteiger partial charge in [0.25, 0.3) is 5.91 Å². The summed E-state index contributed by atoms with van der Waals surface area (Å²) < 4.78 is 0. The van der Waals surface area contributed by atoms with Crippen LogP contribution in [0, 0.1) is 12.8 Å². The Labute approximate surface area is 112 Å². The number of carbonyl (C=O) groups is 1. The van der Waals surface area contributed by atoms with Gasteiger partial charge in [-0.2, -0.15) is 0 Å². The van der Waals surface area contributed by atoms with Gasteiger partial charge < -0.3 is 16.0 Å². The summed E-state index contributed by atoms with van der Waals surface area (Å²) >= 11 is 1.24. The van der Waals surface area contributed by atoms with Gasteiger partial charge >= 0.3 is 0 Å². The van der Waals surface area contributed by atoms with Gasteiger partial charge in [0.2, 0.25) is 0 Å². The molecule has 1 heterocycles. The van der Waals surface area contributed by atoms with E-state index in [1.165, 1.54) is 11.3 Å². The molecule has 0 radical (unpaired) electrons. The Morgan fingerprint density at radius 2 is 2.11 bits per heavy atom. The van der Waals surface area contributed by atoms with Crippen LogP contribution in [0.15, 0.2) is 0 Å². The summed E-state index contributed by atoms with van der Waals surface area (Å²) in [5.74, 6) is 0.296. The fraction of sp³-hybridized carbons (Fsp3) is 0.667. The van der Waals surface area contributed by atoms with E-state index in [2.05, 4.69) is 29.0 Å². The Morgan fingerprint density at radius 3 is 2.50 bits per heavy atom. The van der Waals surface area contributed by atoms with Crippen LogP contribution < -0.4 is 11.1 Å². The number of anilines is 1. The highest BCUT2D eigenvalue weighted by Crippen LogP contribution is 2.19. The molecule has 0 saturated heterocycles. The molecule has 18 heavy (non-hydrogen) atoms. The maximum absolute atomic E-state index is 12.2. The zero-order chi connectivity index (χ0) is 13.9. The highest BCUT2D eigenvalue weighted by molar-refractivity contribution is 7.17. The van der Waals surface area contributed by atoms with Gasteiger partial charge in [0.05, 0.1) is 5.69 Å². The zero-order valence-corrected chi connectivity index (χ0v) is 12.5. The van der Waals surface area contributed by atoms with E-state index in [9.17, 15) is 4.79 Å². The van der Waals surface area contributed by atoms with E-state index in [0.29, 0.717) is 21.6 Å². The molecule has 0 fully saturated rings. The second kappa shape index (κ2) is 6.15. The Hall–Kier alpha value is -1.14. The first-order chi connectivity index (χ1) is 8.31. The van der Waals surface area contributed by atoms with Crippen molar-refractivity contribution in [3.63, 3.8) is 0 Å². The molecule has 1 aromatic rings. The topological polar surface area (TPSA) is 71.2 Å². The third-order valence-corrected chi connectivity index (χ3v) is 3.69. The molecule has 6 heteroatoms. The maximum atomic E-state index is 12.2. The first kappa shape index (κ1) is 14.9. The van der Waals surface area contributed by atoms with E-state index in [-0.39, 0.29) is 11.9 Å². The lowest BCUT2D eigenvalue weighted by molar-refractivity contribution is 0.0920. The van der Waals surface area contributed by atoms with Crippen molar-refractivity contribution in [3.8, 4) is 0 Å². The van der Waals surface area contributed by atoms with E-state index < -0.39 is 0 Å². The van der Waals surface area contributed by atoms with Gasteiger partial charge in [0.15, 0.2) is 5.13 Å². The molecule has 5 nitrogen and oxygen atoms in total. The van der Waals surface area contributed by atoms with Crippen molar-refractivity contribution in [3.05, 3.63) is 10.6 Å². The number of rotatable bonds is 5. The third-order valence-electron chi connectivity index (χ3n) is 2.70. The van der Waals surface area contributed by atoms with E-state index in [1.807, 2.05) is 14.1 Å². The van der Waals surface area contributed by atoms with Crippen LogP contribution >= 0.6 is 11.3 Å². The number of likely N-dealkylation sites (N-methyl/N-ethyl adjacent to an activating group) is 1. The summed E-state index contributed by atoms with van der Waals surface area (Å²) in [6.07, 6.45) is 0. The Kier molecular flexibility index (Phi) is 5.10. The number of hydrogen-bond donors (Lipinski definition) is 2. The molecule has 0 aliphatic heterocycles. The Bertz CT molecular complexity index is 414. The summed E-state index contributed by atoms with van der Waals surface area (Å²) in [6, 6.07) is 0.121. The molecule has 102 valence electrons. The minimum Gasteiger partial charge on any atom is -0.375 e. The van der Waals surface area contributed by atoms with E-state index in [0.717, 1.165) is 6.54 Å². The minimum atomic E-state index is -0.0813. The number of hydrogen-bond acceptors (Lipinski definition) is 5. The van der Waals surface area contributed by atoms with Crippen molar-refractivity contribution in [2.75, 3.05) is 26.4 Å². The van der Waals surface area contributed by atoms with Crippen LogP contribution in [-0.4, -0.2) is 42.5 Å². The van der Waals surface area contributed by atoms with Gasteiger partial charge in [-0.15, -0.1) is 0 Å². The summed E-state index contributed by atoms with van der Waals surface area (Å²) in [5.41, 5.74) is 6.30. The molecule has 0 aliphatic rings. The predicted octanol–water partition coefficient (Wildman–Crippen LogP) is 1.35. The van der Waals surface area contributed by atoms with Crippen LogP contribution in [0.2, 0.25) is 0 Å². The zero-order valence-electron chi connectivity index (χ0n) is 11.7. The molecular formula is C12H22N4OS. The fourth-order valence-electron chi connectivity index (χ4n) is 1.68. The van der Waals surface area contributed by atoms with Crippen LogP contribution in [0.5, 0.6) is 0 Å². The van der Waals surface area contributed by atoms with Crippen molar-refractivity contribution in [1.29, 1.82) is 0 Å². The average Bonchev–Trinajstić information content (AvgIpc) is 2.56. The summed E-state index contributed by atoms with van der Waals surface area (Å²) in [7, 11) is 3.99. The van der Waals surface area contributed by atoms with Crippen LogP contribution in [0.3, 0.4) is 0 Å². The molecular weight excluding hydrogens is 248 g/mol. The van der Waals surface area contributed by atoms with Gasteiger partial charge in [0, 0.05) is 12.6 Å². The standard InChI is InChI=1S/C12H22N4OS/c1-7(2)9(6-16(4)5)15-11(17)10-8(3)14-12(13)18-10/h7,9H,6H2,1-5H3,(H2,13,14)(H,15,17). The molecule has 1 atom stereocenters. The molecule has 0 saturated carbocycles. The van der Waals surface area contributed by atoms with E-state index >= 15 is 0 Å². The third kappa shape index (κ3) is 3.96. The van der Waals surface area contributed by atoms with Gasteiger partial charge in [-0.1, -0.05) is 25.2 Å². The number of aromatic nitrogens is 1. The Balaban J connectivity index is 2.75. The lowest BCUT2D eigenvalue weighted by atomic mass is 10.0. The normalized spacial score (nSPS) is 13.1. The molecule has 0 spiro atoms. The number of nitrogens with one attached hydrogen (secondary N) is 1. The molecule has 0 aliphatic carbocycles. The van der Waals surface area contributed by atoms with Crippen molar-refractivity contribution in [2.24, 2.45) is 5.92 Å². The largest absolute Gasteiger partial charge is 0.375 e. The number of carbonyl (C=O) groups excluding carboxylic acids is 1. The Morgan fingerprint density at radius 1 is 1.50 bits per heavy atom. The van der Waals surface area contributed by atoms with Gasteiger partial charge in [-0.05, 0) is 26.9 Å². The highest BCUT2D eigenvalue weighted by Gasteiger charge is 2.20. The number of thiazole rings is 1. The maximum Gasteiger partial charge on any atom is 0.263 e. The predicted molar refractivity (Wildman–Crippen MR) is 75.9 cm³/mol. The van der Waals surface area contributed by atoms with Crippen LogP contribution in [-0.2, 0) is 0 Å². The van der Waals surface area contributed by atoms with Crippen LogP contribution in [0.25, 0.3) is 0 Å².